The molecule has 1 N–H and O–H groups in total. The number of nitrogens with one attached hydrogen (secondary N) is 1. The Morgan fingerprint density at radius 3 is 2.56 bits per heavy atom. The SMILES string of the molecule is COc1ccc(-c2nnc(SCC(=O)Nc3ccc(F)c(F)c3)n2C)cc1. The third kappa shape index (κ3) is 4.43. The van der Waals surface area contributed by atoms with Crippen LogP contribution in [0.4, 0.5) is 14.5 Å². The topological polar surface area (TPSA) is 69.0 Å². The molecule has 140 valence electrons. The van der Waals surface area contributed by atoms with Gasteiger partial charge in [0.2, 0.25) is 5.91 Å². The molecule has 0 aliphatic heterocycles. The van der Waals surface area contributed by atoms with Gasteiger partial charge in [0.15, 0.2) is 22.6 Å². The Hall–Kier alpha value is -2.94. The molecule has 0 atom stereocenters. The van der Waals surface area contributed by atoms with Crippen molar-refractivity contribution in [3.05, 3.63) is 54.1 Å². The lowest BCUT2D eigenvalue weighted by Crippen LogP contribution is -2.14. The largest absolute Gasteiger partial charge is 0.497 e. The fraction of sp³-hybridized carbons (Fsp3) is 0.167. The molecule has 0 saturated carbocycles. The minimum Gasteiger partial charge on any atom is -0.497 e. The van der Waals surface area contributed by atoms with Crippen LogP contribution in [0.2, 0.25) is 0 Å². The summed E-state index contributed by atoms with van der Waals surface area (Å²) in [4.78, 5) is 12.0. The van der Waals surface area contributed by atoms with E-state index in [1.807, 2.05) is 24.3 Å². The van der Waals surface area contributed by atoms with Gasteiger partial charge in [-0.1, -0.05) is 11.8 Å². The third-order valence-corrected chi connectivity index (χ3v) is 4.74. The van der Waals surface area contributed by atoms with E-state index in [4.69, 9.17) is 4.74 Å². The van der Waals surface area contributed by atoms with Crippen molar-refractivity contribution in [1.29, 1.82) is 0 Å². The van der Waals surface area contributed by atoms with E-state index in [0.29, 0.717) is 11.0 Å². The summed E-state index contributed by atoms with van der Waals surface area (Å²) in [5.41, 5.74) is 1.06. The summed E-state index contributed by atoms with van der Waals surface area (Å²) in [6.07, 6.45) is 0. The Labute approximate surface area is 158 Å². The van der Waals surface area contributed by atoms with Gasteiger partial charge in [-0.05, 0) is 36.4 Å². The maximum absolute atomic E-state index is 13.2. The van der Waals surface area contributed by atoms with Crippen molar-refractivity contribution < 1.29 is 18.3 Å². The number of rotatable bonds is 6. The quantitative estimate of drug-likeness (QED) is 0.653. The molecule has 0 fully saturated rings. The number of nitrogens with zero attached hydrogens (tertiary/aromatic N) is 3. The van der Waals surface area contributed by atoms with E-state index < -0.39 is 11.6 Å². The lowest BCUT2D eigenvalue weighted by molar-refractivity contribution is -0.113. The number of aromatic nitrogens is 3. The predicted molar refractivity (Wildman–Crippen MR) is 98.7 cm³/mol. The van der Waals surface area contributed by atoms with Gasteiger partial charge in [-0.3, -0.25) is 4.79 Å². The van der Waals surface area contributed by atoms with Gasteiger partial charge >= 0.3 is 0 Å². The molecule has 9 heteroatoms. The maximum Gasteiger partial charge on any atom is 0.234 e. The van der Waals surface area contributed by atoms with Crippen molar-refractivity contribution in [2.45, 2.75) is 5.16 Å². The number of hydrogen-bond acceptors (Lipinski definition) is 5. The summed E-state index contributed by atoms with van der Waals surface area (Å²) >= 11 is 1.19. The van der Waals surface area contributed by atoms with Gasteiger partial charge in [-0.25, -0.2) is 8.78 Å². The molecular weight excluding hydrogens is 374 g/mol. The highest BCUT2D eigenvalue weighted by Gasteiger charge is 2.13. The monoisotopic (exact) mass is 390 g/mol. The Balaban J connectivity index is 1.63. The van der Waals surface area contributed by atoms with Crippen LogP contribution in [0.15, 0.2) is 47.6 Å². The number of methoxy groups -OCH3 is 1. The summed E-state index contributed by atoms with van der Waals surface area (Å²) in [5.74, 6) is -0.899. The Morgan fingerprint density at radius 2 is 1.89 bits per heavy atom. The van der Waals surface area contributed by atoms with Crippen LogP contribution in [0.1, 0.15) is 0 Å². The molecule has 0 unspecified atom stereocenters. The minimum atomic E-state index is -1.02. The fourth-order valence-corrected chi connectivity index (χ4v) is 3.04. The van der Waals surface area contributed by atoms with Crippen LogP contribution >= 0.6 is 11.8 Å². The Morgan fingerprint density at radius 1 is 1.15 bits per heavy atom. The van der Waals surface area contributed by atoms with Crippen molar-refractivity contribution in [3.8, 4) is 17.1 Å². The van der Waals surface area contributed by atoms with Crippen LogP contribution in [0.5, 0.6) is 5.75 Å². The second kappa shape index (κ2) is 8.17. The lowest BCUT2D eigenvalue weighted by atomic mass is 10.2. The van der Waals surface area contributed by atoms with Gasteiger partial charge in [0, 0.05) is 24.4 Å². The van der Waals surface area contributed by atoms with E-state index in [9.17, 15) is 13.6 Å². The number of thioether (sulfide) groups is 1. The number of carbonyl (C=O) groups is 1. The van der Waals surface area contributed by atoms with Crippen LogP contribution in [0.25, 0.3) is 11.4 Å². The molecule has 6 nitrogen and oxygen atoms in total. The van der Waals surface area contributed by atoms with Crippen LogP contribution in [-0.2, 0) is 11.8 Å². The average Bonchev–Trinajstić information content (AvgIpc) is 3.03. The number of carbonyl (C=O) groups excluding carboxylic acids is 1. The smallest absolute Gasteiger partial charge is 0.234 e. The fourth-order valence-electron chi connectivity index (χ4n) is 2.33. The second-order valence-electron chi connectivity index (χ2n) is 5.56. The van der Waals surface area contributed by atoms with E-state index >= 15 is 0 Å². The zero-order chi connectivity index (χ0) is 19.4. The number of ether oxygens (including phenoxy) is 1. The maximum atomic E-state index is 13.2. The number of anilines is 1. The van der Waals surface area contributed by atoms with Crippen molar-refractivity contribution in [2.75, 3.05) is 18.2 Å². The first-order chi connectivity index (χ1) is 13.0. The van der Waals surface area contributed by atoms with Crippen LogP contribution in [-0.4, -0.2) is 33.5 Å². The van der Waals surface area contributed by atoms with Crippen molar-refractivity contribution >= 4 is 23.4 Å². The molecule has 1 aromatic heterocycles. The molecule has 1 amide bonds. The third-order valence-electron chi connectivity index (χ3n) is 3.72. The summed E-state index contributed by atoms with van der Waals surface area (Å²) in [5, 5.41) is 11.3. The zero-order valence-corrected chi connectivity index (χ0v) is 15.4. The molecule has 3 aromatic rings. The molecule has 1 heterocycles. The zero-order valence-electron chi connectivity index (χ0n) is 14.6. The summed E-state index contributed by atoms with van der Waals surface area (Å²) in [7, 11) is 3.40. The average molecular weight is 390 g/mol. The van der Waals surface area contributed by atoms with E-state index in [0.717, 1.165) is 23.4 Å². The van der Waals surface area contributed by atoms with Crippen molar-refractivity contribution in [2.24, 2.45) is 7.05 Å². The first-order valence-electron chi connectivity index (χ1n) is 7.89. The normalized spacial score (nSPS) is 10.7. The van der Waals surface area contributed by atoms with Gasteiger partial charge in [0.1, 0.15) is 5.75 Å². The predicted octanol–water partition coefficient (Wildman–Crippen LogP) is 3.50. The lowest BCUT2D eigenvalue weighted by Gasteiger charge is -2.06. The Bertz CT molecular complexity index is 960. The number of halogens is 2. The molecular formula is C18H16F2N4O2S. The van der Waals surface area contributed by atoms with Crippen LogP contribution in [0, 0.1) is 11.6 Å². The molecule has 0 saturated heterocycles. The van der Waals surface area contributed by atoms with Gasteiger partial charge in [0.25, 0.3) is 0 Å². The van der Waals surface area contributed by atoms with Crippen LogP contribution in [0.3, 0.4) is 0 Å². The molecule has 3 rings (SSSR count). The molecule has 0 spiro atoms. The van der Waals surface area contributed by atoms with Crippen molar-refractivity contribution in [1.82, 2.24) is 14.8 Å². The number of benzene rings is 2. The standard InChI is InChI=1S/C18H16F2N4O2S/c1-24-17(11-3-6-13(26-2)7-4-11)22-23-18(24)27-10-16(25)21-12-5-8-14(19)15(20)9-12/h3-9H,10H2,1-2H3,(H,21,25). The molecule has 0 aliphatic rings. The van der Waals surface area contributed by atoms with E-state index in [2.05, 4.69) is 15.5 Å². The molecule has 0 aliphatic carbocycles. The number of amides is 1. The first kappa shape index (κ1) is 18.8. The van der Waals surface area contributed by atoms with Gasteiger partial charge in [-0.15, -0.1) is 10.2 Å². The molecule has 0 radical (unpaired) electrons. The molecule has 0 bridgehead atoms. The highest BCUT2D eigenvalue weighted by Crippen LogP contribution is 2.24. The first-order valence-corrected chi connectivity index (χ1v) is 8.88. The van der Waals surface area contributed by atoms with E-state index in [1.54, 1.807) is 18.7 Å². The summed E-state index contributed by atoms with van der Waals surface area (Å²) in [6, 6.07) is 10.6. The molecule has 2 aromatic carbocycles. The van der Waals surface area contributed by atoms with E-state index in [-0.39, 0.29) is 17.3 Å². The second-order valence-corrected chi connectivity index (χ2v) is 6.50. The minimum absolute atomic E-state index is 0.0492. The van der Waals surface area contributed by atoms with Gasteiger partial charge < -0.3 is 14.6 Å². The van der Waals surface area contributed by atoms with Crippen LogP contribution < -0.4 is 10.1 Å². The highest BCUT2D eigenvalue weighted by atomic mass is 32.2. The summed E-state index contributed by atoms with van der Waals surface area (Å²) in [6.45, 7) is 0. The van der Waals surface area contributed by atoms with Gasteiger partial charge in [-0.2, -0.15) is 0 Å². The van der Waals surface area contributed by atoms with E-state index in [1.165, 1.54) is 17.8 Å². The molecule has 27 heavy (non-hydrogen) atoms. The van der Waals surface area contributed by atoms with Gasteiger partial charge in [0.05, 0.1) is 12.9 Å². The van der Waals surface area contributed by atoms with Crippen molar-refractivity contribution in [3.63, 3.8) is 0 Å². The summed E-state index contributed by atoms with van der Waals surface area (Å²) < 4.78 is 33.0. The number of hydrogen-bond donors (Lipinski definition) is 1. The highest BCUT2D eigenvalue weighted by molar-refractivity contribution is 7.99. The Kier molecular flexibility index (Phi) is 5.70.